The van der Waals surface area contributed by atoms with Crippen LogP contribution < -0.4 is 10.6 Å². The van der Waals surface area contributed by atoms with E-state index in [4.69, 9.17) is 15.2 Å². The van der Waals surface area contributed by atoms with Crippen molar-refractivity contribution >= 4 is 23.6 Å². The Morgan fingerprint density at radius 2 is 1.70 bits per heavy atom. The van der Waals surface area contributed by atoms with Crippen LogP contribution in [-0.2, 0) is 19.1 Å². The van der Waals surface area contributed by atoms with E-state index in [2.05, 4.69) is 6.07 Å². The predicted octanol–water partition coefficient (Wildman–Crippen LogP) is 2.59. The fraction of sp³-hybridized carbons (Fsp3) is 0.167. The van der Waals surface area contributed by atoms with Crippen molar-refractivity contribution in [3.05, 3.63) is 87.9 Å². The van der Waals surface area contributed by atoms with Crippen LogP contribution in [-0.4, -0.2) is 37.2 Å². The number of anilines is 1. The van der Waals surface area contributed by atoms with Crippen LogP contribution in [0.15, 0.2) is 71.2 Å². The molecule has 0 fully saturated rings. The number of esters is 2. The van der Waals surface area contributed by atoms with Gasteiger partial charge in [-0.05, 0) is 36.2 Å². The van der Waals surface area contributed by atoms with Gasteiger partial charge in [-0.15, -0.1) is 0 Å². The lowest BCUT2D eigenvalue weighted by Gasteiger charge is -2.36. The molecule has 168 valence electrons. The number of hydrogen-bond acceptors (Lipinski definition) is 8. The maximum Gasteiger partial charge on any atom is 0.355 e. The van der Waals surface area contributed by atoms with Gasteiger partial charge in [0.05, 0.1) is 42.9 Å². The number of carbonyl (C=O) groups excluding carboxylic acids is 2. The summed E-state index contributed by atoms with van der Waals surface area (Å²) in [5, 5.41) is 19.4. The molecule has 1 atom stereocenters. The number of aryl methyl sites for hydroxylation is 1. The Morgan fingerprint density at radius 1 is 1.06 bits per heavy atom. The number of carbonyl (C=O) groups is 3. The van der Waals surface area contributed by atoms with E-state index in [9.17, 15) is 24.8 Å². The number of aromatic carboxylic acids is 1. The molecule has 0 radical (unpaired) electrons. The van der Waals surface area contributed by atoms with E-state index >= 15 is 0 Å². The molecule has 0 saturated heterocycles. The molecule has 2 aromatic rings. The van der Waals surface area contributed by atoms with E-state index in [1.165, 1.54) is 23.1 Å². The van der Waals surface area contributed by atoms with E-state index in [0.29, 0.717) is 11.1 Å². The molecule has 1 unspecified atom stereocenters. The molecule has 0 aromatic heterocycles. The predicted molar refractivity (Wildman–Crippen MR) is 118 cm³/mol. The monoisotopic (exact) mass is 447 g/mol. The fourth-order valence-corrected chi connectivity index (χ4v) is 3.81. The highest BCUT2D eigenvalue weighted by molar-refractivity contribution is 6.06. The number of nitriles is 1. The number of methoxy groups -OCH3 is 2. The molecular weight excluding hydrogens is 426 g/mol. The number of carboxylic acid groups (broad SMARTS) is 1. The number of nitrogens with zero attached hydrogens (tertiary/aromatic N) is 2. The zero-order chi connectivity index (χ0) is 24.3. The minimum absolute atomic E-state index is 0.0224. The first-order valence-electron chi connectivity index (χ1n) is 9.76. The van der Waals surface area contributed by atoms with Crippen molar-refractivity contribution < 1.29 is 29.0 Å². The van der Waals surface area contributed by atoms with Gasteiger partial charge in [0, 0.05) is 5.69 Å². The molecule has 0 amide bonds. The highest BCUT2D eigenvalue weighted by Crippen LogP contribution is 2.43. The van der Waals surface area contributed by atoms with Gasteiger partial charge < -0.3 is 20.3 Å². The van der Waals surface area contributed by atoms with Gasteiger partial charge in [-0.3, -0.25) is 4.90 Å². The third-order valence-electron chi connectivity index (χ3n) is 5.31. The second kappa shape index (κ2) is 9.28. The Hall–Kier alpha value is -4.58. The van der Waals surface area contributed by atoms with Gasteiger partial charge in [0.15, 0.2) is 0 Å². The number of ether oxygens (including phenoxy) is 2. The second-order valence-electron chi connectivity index (χ2n) is 7.14. The van der Waals surface area contributed by atoms with Crippen LogP contribution in [0.25, 0.3) is 0 Å². The second-order valence-corrected chi connectivity index (χ2v) is 7.14. The Morgan fingerprint density at radius 3 is 2.21 bits per heavy atom. The first-order chi connectivity index (χ1) is 15.8. The molecule has 0 aliphatic carbocycles. The molecular formula is C24H21N3O6. The van der Waals surface area contributed by atoms with Gasteiger partial charge >= 0.3 is 17.9 Å². The van der Waals surface area contributed by atoms with Crippen molar-refractivity contribution in [2.24, 2.45) is 5.73 Å². The minimum Gasteiger partial charge on any atom is -0.478 e. The highest BCUT2D eigenvalue weighted by atomic mass is 16.5. The van der Waals surface area contributed by atoms with E-state index < -0.39 is 23.8 Å². The summed E-state index contributed by atoms with van der Waals surface area (Å²) in [6.07, 6.45) is 0. The highest BCUT2D eigenvalue weighted by Gasteiger charge is 2.43. The zero-order valence-corrected chi connectivity index (χ0v) is 18.2. The SMILES string of the molecule is COC(=O)C1=C(C(=O)OC)N(c2ccc(C(=O)O)c(C)c2)C(N)=C(C#N)C1c1ccccc1. The van der Waals surface area contributed by atoms with E-state index in [1.807, 2.05) is 0 Å². The Labute approximate surface area is 189 Å². The lowest BCUT2D eigenvalue weighted by Crippen LogP contribution is -2.40. The first kappa shape index (κ1) is 23.1. The number of rotatable bonds is 5. The summed E-state index contributed by atoms with van der Waals surface area (Å²) >= 11 is 0. The summed E-state index contributed by atoms with van der Waals surface area (Å²) in [5.41, 5.74) is 7.34. The van der Waals surface area contributed by atoms with E-state index in [-0.39, 0.29) is 33.9 Å². The maximum atomic E-state index is 13.0. The number of allylic oxidation sites excluding steroid dienone is 1. The summed E-state index contributed by atoms with van der Waals surface area (Å²) in [5.74, 6) is -3.91. The normalized spacial score (nSPS) is 15.7. The fourth-order valence-electron chi connectivity index (χ4n) is 3.81. The van der Waals surface area contributed by atoms with Gasteiger partial charge in [0.25, 0.3) is 0 Å². The summed E-state index contributed by atoms with van der Waals surface area (Å²) in [6.45, 7) is 1.58. The zero-order valence-electron chi connectivity index (χ0n) is 18.2. The van der Waals surface area contributed by atoms with Crippen molar-refractivity contribution in [3.8, 4) is 6.07 Å². The molecule has 3 N–H and O–H groups in total. The molecule has 1 aliphatic rings. The summed E-state index contributed by atoms with van der Waals surface area (Å²) < 4.78 is 9.93. The molecule has 33 heavy (non-hydrogen) atoms. The molecule has 3 rings (SSSR count). The smallest absolute Gasteiger partial charge is 0.355 e. The molecule has 0 saturated carbocycles. The topological polar surface area (TPSA) is 143 Å². The molecule has 9 nitrogen and oxygen atoms in total. The maximum absolute atomic E-state index is 13.0. The third-order valence-corrected chi connectivity index (χ3v) is 5.31. The largest absolute Gasteiger partial charge is 0.478 e. The molecule has 0 spiro atoms. The Bertz CT molecular complexity index is 1240. The van der Waals surface area contributed by atoms with Crippen LogP contribution in [0.1, 0.15) is 27.4 Å². The van der Waals surface area contributed by atoms with Crippen LogP contribution in [0.5, 0.6) is 0 Å². The standard InChI is InChI=1S/C24H21N3O6/c1-13-11-15(9-10-16(13)22(28)29)27-20(24(31)33-3)19(23(30)32-2)18(17(12-25)21(27)26)14-7-5-4-6-8-14/h4-11,18H,26H2,1-3H3,(H,28,29). The van der Waals surface area contributed by atoms with Gasteiger partial charge in [0.2, 0.25) is 0 Å². The van der Waals surface area contributed by atoms with Crippen molar-refractivity contribution in [2.75, 3.05) is 19.1 Å². The van der Waals surface area contributed by atoms with Crippen molar-refractivity contribution in [2.45, 2.75) is 12.8 Å². The number of nitrogens with two attached hydrogens (primary N) is 1. The summed E-state index contributed by atoms with van der Waals surface area (Å²) in [7, 11) is 2.31. The van der Waals surface area contributed by atoms with Gasteiger partial charge in [-0.1, -0.05) is 30.3 Å². The van der Waals surface area contributed by atoms with Crippen LogP contribution in [0, 0.1) is 18.3 Å². The van der Waals surface area contributed by atoms with Gasteiger partial charge in [0.1, 0.15) is 11.5 Å². The van der Waals surface area contributed by atoms with Crippen LogP contribution in [0.2, 0.25) is 0 Å². The van der Waals surface area contributed by atoms with E-state index in [0.717, 1.165) is 14.2 Å². The molecule has 9 heteroatoms. The van der Waals surface area contributed by atoms with Crippen molar-refractivity contribution in [1.29, 1.82) is 5.26 Å². The molecule has 0 bridgehead atoms. The average molecular weight is 447 g/mol. The van der Waals surface area contributed by atoms with Crippen molar-refractivity contribution in [3.63, 3.8) is 0 Å². The summed E-state index contributed by atoms with van der Waals surface area (Å²) in [4.78, 5) is 38.6. The number of hydrogen-bond donors (Lipinski definition) is 2. The lowest BCUT2D eigenvalue weighted by molar-refractivity contribution is -0.139. The lowest BCUT2D eigenvalue weighted by atomic mass is 9.81. The number of benzene rings is 2. The molecule has 1 aliphatic heterocycles. The summed E-state index contributed by atoms with van der Waals surface area (Å²) in [6, 6.07) is 15.0. The quantitative estimate of drug-likeness (QED) is 0.661. The average Bonchev–Trinajstić information content (AvgIpc) is 2.82. The van der Waals surface area contributed by atoms with E-state index in [1.54, 1.807) is 37.3 Å². The first-order valence-corrected chi connectivity index (χ1v) is 9.76. The molecule has 2 aromatic carbocycles. The third kappa shape index (κ3) is 4.02. The van der Waals surface area contributed by atoms with Crippen LogP contribution in [0.3, 0.4) is 0 Å². The van der Waals surface area contributed by atoms with Crippen molar-refractivity contribution in [1.82, 2.24) is 0 Å². The van der Waals surface area contributed by atoms with Gasteiger partial charge in [-0.2, -0.15) is 5.26 Å². The molecule has 1 heterocycles. The van der Waals surface area contributed by atoms with Crippen LogP contribution >= 0.6 is 0 Å². The Kier molecular flexibility index (Phi) is 6.49. The van der Waals surface area contributed by atoms with Crippen LogP contribution in [0.4, 0.5) is 5.69 Å². The number of carboxylic acids is 1. The Balaban J connectivity index is 2.40. The van der Waals surface area contributed by atoms with Gasteiger partial charge in [-0.25, -0.2) is 14.4 Å². The minimum atomic E-state index is -1.12.